The lowest BCUT2D eigenvalue weighted by atomic mass is 10.2. The molecule has 106 valence electrons. The maximum atomic E-state index is 12.4. The second kappa shape index (κ2) is 7.20. The number of benzene rings is 1. The summed E-state index contributed by atoms with van der Waals surface area (Å²) in [5.41, 5.74) is 0.950. The SMILES string of the molecule is CC(C)N(C(=O)CSCc1ccco1)c1ccccc1. The van der Waals surface area contributed by atoms with E-state index in [1.165, 1.54) is 0 Å². The van der Waals surface area contributed by atoms with Crippen LogP contribution < -0.4 is 4.90 Å². The molecule has 0 saturated heterocycles. The Morgan fingerprint density at radius 2 is 1.95 bits per heavy atom. The molecule has 0 aliphatic heterocycles. The van der Waals surface area contributed by atoms with Crippen LogP contribution in [0.3, 0.4) is 0 Å². The van der Waals surface area contributed by atoms with Gasteiger partial charge in [0.15, 0.2) is 0 Å². The average molecular weight is 289 g/mol. The van der Waals surface area contributed by atoms with Crippen molar-refractivity contribution in [2.24, 2.45) is 0 Å². The van der Waals surface area contributed by atoms with E-state index in [2.05, 4.69) is 0 Å². The molecule has 0 spiro atoms. The van der Waals surface area contributed by atoms with E-state index in [1.807, 2.05) is 61.2 Å². The van der Waals surface area contributed by atoms with Crippen molar-refractivity contribution in [3.63, 3.8) is 0 Å². The molecular weight excluding hydrogens is 270 g/mol. The van der Waals surface area contributed by atoms with Crippen molar-refractivity contribution in [1.29, 1.82) is 0 Å². The van der Waals surface area contributed by atoms with Gasteiger partial charge in [-0.3, -0.25) is 4.79 Å². The lowest BCUT2D eigenvalue weighted by molar-refractivity contribution is -0.116. The Hall–Kier alpha value is -1.68. The van der Waals surface area contributed by atoms with E-state index >= 15 is 0 Å². The summed E-state index contributed by atoms with van der Waals surface area (Å²) in [5, 5.41) is 0. The van der Waals surface area contributed by atoms with Crippen molar-refractivity contribution in [3.05, 3.63) is 54.5 Å². The van der Waals surface area contributed by atoms with Crippen LogP contribution in [0.1, 0.15) is 19.6 Å². The number of thioether (sulfide) groups is 1. The van der Waals surface area contributed by atoms with Crippen molar-refractivity contribution < 1.29 is 9.21 Å². The maximum absolute atomic E-state index is 12.4. The molecule has 3 nitrogen and oxygen atoms in total. The van der Waals surface area contributed by atoms with Crippen molar-refractivity contribution in [3.8, 4) is 0 Å². The highest BCUT2D eigenvalue weighted by Gasteiger charge is 2.18. The van der Waals surface area contributed by atoms with Crippen LogP contribution in [0.4, 0.5) is 5.69 Å². The van der Waals surface area contributed by atoms with Gasteiger partial charge < -0.3 is 9.32 Å². The molecular formula is C16H19NO2S. The van der Waals surface area contributed by atoms with Gasteiger partial charge in [-0.1, -0.05) is 18.2 Å². The van der Waals surface area contributed by atoms with Gasteiger partial charge in [0.2, 0.25) is 5.91 Å². The zero-order chi connectivity index (χ0) is 14.4. The van der Waals surface area contributed by atoms with Gasteiger partial charge in [0.1, 0.15) is 5.76 Å². The van der Waals surface area contributed by atoms with E-state index in [-0.39, 0.29) is 11.9 Å². The van der Waals surface area contributed by atoms with Crippen LogP contribution in [-0.4, -0.2) is 17.7 Å². The minimum Gasteiger partial charge on any atom is -0.468 e. The molecule has 0 saturated carbocycles. The largest absolute Gasteiger partial charge is 0.468 e. The van der Waals surface area contributed by atoms with Gasteiger partial charge in [-0.15, -0.1) is 11.8 Å². The molecule has 0 fully saturated rings. The summed E-state index contributed by atoms with van der Waals surface area (Å²) in [4.78, 5) is 14.2. The van der Waals surface area contributed by atoms with Gasteiger partial charge in [0, 0.05) is 11.7 Å². The minimum atomic E-state index is 0.128. The van der Waals surface area contributed by atoms with Gasteiger partial charge >= 0.3 is 0 Å². The van der Waals surface area contributed by atoms with Crippen LogP contribution in [0.15, 0.2) is 53.1 Å². The smallest absolute Gasteiger partial charge is 0.237 e. The van der Waals surface area contributed by atoms with Crippen molar-refractivity contribution in [2.45, 2.75) is 25.6 Å². The Morgan fingerprint density at radius 3 is 2.55 bits per heavy atom. The quantitative estimate of drug-likeness (QED) is 0.807. The number of hydrogen-bond donors (Lipinski definition) is 0. The van der Waals surface area contributed by atoms with Gasteiger partial charge in [-0.2, -0.15) is 0 Å². The molecule has 20 heavy (non-hydrogen) atoms. The first-order valence-electron chi connectivity index (χ1n) is 6.65. The first kappa shape index (κ1) is 14.7. The molecule has 0 aliphatic rings. The number of para-hydroxylation sites is 1. The molecule has 2 rings (SSSR count). The molecule has 0 aliphatic carbocycles. The summed E-state index contributed by atoms with van der Waals surface area (Å²) in [6.45, 7) is 4.06. The highest BCUT2D eigenvalue weighted by Crippen LogP contribution is 2.19. The zero-order valence-corrected chi connectivity index (χ0v) is 12.6. The molecule has 0 atom stereocenters. The molecule has 1 aromatic carbocycles. The van der Waals surface area contributed by atoms with Crippen molar-refractivity contribution in [1.82, 2.24) is 0 Å². The van der Waals surface area contributed by atoms with E-state index in [9.17, 15) is 4.79 Å². The average Bonchev–Trinajstić information content (AvgIpc) is 2.93. The zero-order valence-electron chi connectivity index (χ0n) is 11.8. The number of anilines is 1. The fourth-order valence-electron chi connectivity index (χ4n) is 2.02. The van der Waals surface area contributed by atoms with Crippen LogP contribution in [0.25, 0.3) is 0 Å². The lowest BCUT2D eigenvalue weighted by Crippen LogP contribution is -2.38. The number of hydrogen-bond acceptors (Lipinski definition) is 3. The molecule has 0 bridgehead atoms. The topological polar surface area (TPSA) is 33.5 Å². The Kier molecular flexibility index (Phi) is 5.30. The van der Waals surface area contributed by atoms with E-state index in [1.54, 1.807) is 18.0 Å². The fourth-order valence-corrected chi connectivity index (χ4v) is 2.80. The van der Waals surface area contributed by atoms with E-state index in [0.29, 0.717) is 5.75 Å². The standard InChI is InChI=1S/C16H19NO2S/c1-13(2)17(14-7-4-3-5-8-14)16(18)12-20-11-15-9-6-10-19-15/h3-10,13H,11-12H2,1-2H3. The first-order chi connectivity index (χ1) is 9.68. The summed E-state index contributed by atoms with van der Waals surface area (Å²) < 4.78 is 5.26. The highest BCUT2D eigenvalue weighted by atomic mass is 32.2. The fraction of sp³-hybridized carbons (Fsp3) is 0.312. The predicted molar refractivity (Wildman–Crippen MR) is 83.9 cm³/mol. The molecule has 1 aromatic heterocycles. The van der Waals surface area contributed by atoms with Gasteiger partial charge in [-0.25, -0.2) is 0 Å². The molecule has 1 heterocycles. The summed E-state index contributed by atoms with van der Waals surface area (Å²) in [6.07, 6.45) is 1.65. The third-order valence-electron chi connectivity index (χ3n) is 2.87. The van der Waals surface area contributed by atoms with E-state index in [4.69, 9.17) is 4.42 Å². The van der Waals surface area contributed by atoms with Crippen LogP contribution in [-0.2, 0) is 10.5 Å². The third kappa shape index (κ3) is 3.90. The number of rotatable bonds is 6. The van der Waals surface area contributed by atoms with E-state index in [0.717, 1.165) is 17.2 Å². The number of furan rings is 1. The predicted octanol–water partition coefficient (Wildman–Crippen LogP) is 3.95. The molecule has 1 amide bonds. The van der Waals surface area contributed by atoms with E-state index < -0.39 is 0 Å². The van der Waals surface area contributed by atoms with Gasteiger partial charge in [0.25, 0.3) is 0 Å². The van der Waals surface area contributed by atoms with Crippen molar-refractivity contribution >= 4 is 23.4 Å². The lowest BCUT2D eigenvalue weighted by Gasteiger charge is -2.26. The molecule has 0 unspecified atom stereocenters. The normalized spacial score (nSPS) is 10.8. The summed E-state index contributed by atoms with van der Waals surface area (Å²) >= 11 is 1.57. The number of amides is 1. The second-order valence-corrected chi connectivity index (χ2v) is 5.75. The maximum Gasteiger partial charge on any atom is 0.237 e. The molecule has 2 aromatic rings. The number of carbonyl (C=O) groups excluding carboxylic acids is 1. The Balaban J connectivity index is 1.94. The van der Waals surface area contributed by atoms with Crippen LogP contribution in [0.5, 0.6) is 0 Å². The molecule has 0 radical (unpaired) electrons. The number of nitrogens with zero attached hydrogens (tertiary/aromatic N) is 1. The molecule has 4 heteroatoms. The monoisotopic (exact) mass is 289 g/mol. The van der Waals surface area contributed by atoms with Gasteiger partial charge in [0.05, 0.1) is 17.8 Å². The Morgan fingerprint density at radius 1 is 1.20 bits per heavy atom. The summed E-state index contributed by atoms with van der Waals surface area (Å²) in [6, 6.07) is 13.7. The van der Waals surface area contributed by atoms with Crippen LogP contribution in [0, 0.1) is 0 Å². The van der Waals surface area contributed by atoms with Crippen molar-refractivity contribution in [2.75, 3.05) is 10.7 Å². The number of carbonyl (C=O) groups is 1. The molecule has 0 N–H and O–H groups in total. The Bertz CT molecular complexity index is 523. The summed E-state index contributed by atoms with van der Waals surface area (Å²) in [5.74, 6) is 2.20. The minimum absolute atomic E-state index is 0.128. The van der Waals surface area contributed by atoms with Crippen LogP contribution >= 0.6 is 11.8 Å². The second-order valence-electron chi connectivity index (χ2n) is 4.77. The highest BCUT2D eigenvalue weighted by molar-refractivity contribution is 7.99. The Labute approximate surface area is 124 Å². The summed E-state index contributed by atoms with van der Waals surface area (Å²) in [7, 11) is 0. The van der Waals surface area contributed by atoms with Gasteiger partial charge in [-0.05, 0) is 38.1 Å². The third-order valence-corrected chi connectivity index (χ3v) is 3.81. The van der Waals surface area contributed by atoms with Crippen LogP contribution in [0.2, 0.25) is 0 Å². The first-order valence-corrected chi connectivity index (χ1v) is 7.81.